The summed E-state index contributed by atoms with van der Waals surface area (Å²) in [5, 5.41) is 0. The van der Waals surface area contributed by atoms with Crippen molar-refractivity contribution in [3.63, 3.8) is 0 Å². The van der Waals surface area contributed by atoms with E-state index >= 15 is 0 Å². The van der Waals surface area contributed by atoms with Gasteiger partial charge in [0.05, 0.1) is 25.0 Å². The summed E-state index contributed by atoms with van der Waals surface area (Å²) in [4.78, 5) is 24.3. The molecule has 1 aliphatic rings. The average Bonchev–Trinajstić information content (AvgIpc) is 2.60. The molecule has 0 amide bonds. The minimum Gasteiger partial charge on any atom is -0.466 e. The largest absolute Gasteiger partial charge is 0.466 e. The van der Waals surface area contributed by atoms with Gasteiger partial charge in [0.15, 0.2) is 0 Å². The zero-order chi connectivity index (χ0) is 17.8. The van der Waals surface area contributed by atoms with Gasteiger partial charge in [-0.15, -0.1) is 0 Å². The predicted molar refractivity (Wildman–Crippen MR) is 95.6 cm³/mol. The summed E-state index contributed by atoms with van der Waals surface area (Å²) in [7, 11) is 0. The van der Waals surface area contributed by atoms with Crippen molar-refractivity contribution >= 4 is 11.9 Å². The van der Waals surface area contributed by atoms with E-state index < -0.39 is 0 Å². The van der Waals surface area contributed by atoms with E-state index in [1.165, 1.54) is 19.3 Å². The lowest BCUT2D eigenvalue weighted by molar-refractivity contribution is -0.155. The van der Waals surface area contributed by atoms with Crippen molar-refractivity contribution in [2.45, 2.75) is 85.0 Å². The van der Waals surface area contributed by atoms with Crippen LogP contribution in [0.3, 0.4) is 0 Å². The molecule has 4 heteroatoms. The summed E-state index contributed by atoms with van der Waals surface area (Å²) in [6, 6.07) is 0. The highest BCUT2D eigenvalue weighted by Crippen LogP contribution is 2.31. The van der Waals surface area contributed by atoms with Crippen LogP contribution in [0.15, 0.2) is 0 Å². The minimum absolute atomic E-state index is 0.111. The Labute approximate surface area is 147 Å². The maximum Gasteiger partial charge on any atom is 0.308 e. The number of hydrogen-bond acceptors (Lipinski definition) is 4. The second kappa shape index (κ2) is 12.3. The van der Waals surface area contributed by atoms with Gasteiger partial charge in [-0.2, -0.15) is 0 Å². The van der Waals surface area contributed by atoms with Gasteiger partial charge in [-0.3, -0.25) is 9.59 Å². The third-order valence-corrected chi connectivity index (χ3v) is 5.00. The number of rotatable bonds is 11. The minimum atomic E-state index is -0.154. The molecule has 1 rings (SSSR count). The molecule has 0 aliphatic heterocycles. The number of esters is 2. The molecule has 3 unspecified atom stereocenters. The lowest BCUT2D eigenvalue weighted by Gasteiger charge is -2.27. The first-order valence-corrected chi connectivity index (χ1v) is 9.95. The molecule has 0 aromatic carbocycles. The highest BCUT2D eigenvalue weighted by Gasteiger charge is 2.33. The third-order valence-electron chi connectivity index (χ3n) is 5.00. The van der Waals surface area contributed by atoms with E-state index in [1.54, 1.807) is 0 Å². The molecule has 24 heavy (non-hydrogen) atoms. The number of carbonyl (C=O) groups is 2. The first-order valence-electron chi connectivity index (χ1n) is 9.95. The van der Waals surface area contributed by atoms with E-state index in [4.69, 9.17) is 9.47 Å². The molecule has 0 aromatic rings. The fourth-order valence-corrected chi connectivity index (χ4v) is 3.60. The van der Waals surface area contributed by atoms with E-state index in [0.29, 0.717) is 25.6 Å². The molecule has 0 bridgehead atoms. The lowest BCUT2D eigenvalue weighted by atomic mass is 9.81. The summed E-state index contributed by atoms with van der Waals surface area (Å²) in [6.07, 6.45) is 10.2. The van der Waals surface area contributed by atoms with Crippen molar-refractivity contribution in [2.24, 2.45) is 17.8 Å². The van der Waals surface area contributed by atoms with Gasteiger partial charge in [-0.1, -0.05) is 46.0 Å². The topological polar surface area (TPSA) is 52.6 Å². The van der Waals surface area contributed by atoms with Crippen molar-refractivity contribution in [1.82, 2.24) is 0 Å². The highest BCUT2D eigenvalue weighted by molar-refractivity contribution is 5.76. The van der Waals surface area contributed by atoms with Gasteiger partial charge in [-0.25, -0.2) is 0 Å². The Hall–Kier alpha value is -1.06. The Morgan fingerprint density at radius 1 is 0.917 bits per heavy atom. The standard InChI is InChI=1S/C20H36O4/c1-4-7-8-11-16(10-5-2)15-24-20(22)18-13-9-12-17(14-18)19(21)23-6-3/h16-18H,4-15H2,1-3H3. The summed E-state index contributed by atoms with van der Waals surface area (Å²) < 4.78 is 10.7. The van der Waals surface area contributed by atoms with Crippen LogP contribution in [-0.2, 0) is 19.1 Å². The Balaban J connectivity index is 2.40. The van der Waals surface area contributed by atoms with E-state index in [9.17, 15) is 9.59 Å². The maximum absolute atomic E-state index is 12.4. The SMILES string of the molecule is CCCCCC(CCC)COC(=O)C1CCCC(C(=O)OCC)C1. The summed E-state index contributed by atoms with van der Waals surface area (Å²) in [5.74, 6) is -0.0488. The van der Waals surface area contributed by atoms with Crippen LogP contribution < -0.4 is 0 Å². The van der Waals surface area contributed by atoms with Crippen LogP contribution in [0, 0.1) is 17.8 Å². The predicted octanol–water partition coefficient (Wildman–Crippen LogP) is 4.90. The quantitative estimate of drug-likeness (QED) is 0.397. The summed E-state index contributed by atoms with van der Waals surface area (Å²) in [5.41, 5.74) is 0. The number of unbranched alkanes of at least 4 members (excludes halogenated alkanes) is 2. The Morgan fingerprint density at radius 2 is 1.58 bits per heavy atom. The van der Waals surface area contributed by atoms with Crippen LogP contribution in [0.25, 0.3) is 0 Å². The van der Waals surface area contributed by atoms with Crippen LogP contribution in [0.2, 0.25) is 0 Å². The molecule has 4 nitrogen and oxygen atoms in total. The van der Waals surface area contributed by atoms with Gasteiger partial charge in [0.25, 0.3) is 0 Å². The second-order valence-corrected chi connectivity index (χ2v) is 7.09. The van der Waals surface area contributed by atoms with Gasteiger partial charge in [0.1, 0.15) is 0 Å². The molecule has 0 saturated heterocycles. The third kappa shape index (κ3) is 7.67. The fourth-order valence-electron chi connectivity index (χ4n) is 3.60. The first kappa shape index (κ1) is 21.0. The molecular formula is C20H36O4. The van der Waals surface area contributed by atoms with Crippen LogP contribution in [0.5, 0.6) is 0 Å². The van der Waals surface area contributed by atoms with Gasteiger partial charge >= 0.3 is 11.9 Å². The summed E-state index contributed by atoms with van der Waals surface area (Å²) in [6.45, 7) is 7.15. The zero-order valence-corrected chi connectivity index (χ0v) is 15.9. The molecule has 0 N–H and O–H groups in total. The molecular weight excluding hydrogens is 304 g/mol. The van der Waals surface area contributed by atoms with E-state index in [0.717, 1.165) is 38.5 Å². The van der Waals surface area contributed by atoms with Crippen molar-refractivity contribution < 1.29 is 19.1 Å². The van der Waals surface area contributed by atoms with Gasteiger partial charge in [0, 0.05) is 0 Å². The molecule has 1 aliphatic carbocycles. The average molecular weight is 341 g/mol. The van der Waals surface area contributed by atoms with Gasteiger partial charge in [0.2, 0.25) is 0 Å². The van der Waals surface area contributed by atoms with E-state index in [-0.39, 0.29) is 23.8 Å². The van der Waals surface area contributed by atoms with Crippen molar-refractivity contribution in [1.29, 1.82) is 0 Å². The van der Waals surface area contributed by atoms with Gasteiger partial charge in [-0.05, 0) is 44.9 Å². The Bertz CT molecular complexity index is 367. The van der Waals surface area contributed by atoms with E-state index in [2.05, 4.69) is 13.8 Å². The number of hydrogen-bond donors (Lipinski definition) is 0. The van der Waals surface area contributed by atoms with Gasteiger partial charge < -0.3 is 9.47 Å². The number of carbonyl (C=O) groups excluding carboxylic acids is 2. The van der Waals surface area contributed by atoms with Crippen LogP contribution >= 0.6 is 0 Å². The Morgan fingerprint density at radius 3 is 2.17 bits per heavy atom. The molecule has 1 fully saturated rings. The smallest absolute Gasteiger partial charge is 0.308 e. The van der Waals surface area contributed by atoms with Crippen LogP contribution in [-0.4, -0.2) is 25.2 Å². The molecule has 0 radical (unpaired) electrons. The molecule has 1 saturated carbocycles. The zero-order valence-electron chi connectivity index (χ0n) is 15.9. The van der Waals surface area contributed by atoms with Crippen molar-refractivity contribution in [2.75, 3.05) is 13.2 Å². The molecule has 0 aromatic heterocycles. The first-order chi connectivity index (χ1) is 11.6. The monoisotopic (exact) mass is 340 g/mol. The van der Waals surface area contributed by atoms with Crippen molar-refractivity contribution in [3.8, 4) is 0 Å². The molecule has 3 atom stereocenters. The van der Waals surface area contributed by atoms with Crippen LogP contribution in [0.1, 0.15) is 85.0 Å². The van der Waals surface area contributed by atoms with E-state index in [1.807, 2.05) is 6.92 Å². The lowest BCUT2D eigenvalue weighted by Crippen LogP contribution is -2.30. The Kier molecular flexibility index (Phi) is 10.8. The number of ether oxygens (including phenoxy) is 2. The molecule has 0 spiro atoms. The maximum atomic E-state index is 12.4. The summed E-state index contributed by atoms with van der Waals surface area (Å²) >= 11 is 0. The fraction of sp³-hybridized carbons (Fsp3) is 0.900. The second-order valence-electron chi connectivity index (χ2n) is 7.09. The highest BCUT2D eigenvalue weighted by atomic mass is 16.5. The van der Waals surface area contributed by atoms with Crippen molar-refractivity contribution in [3.05, 3.63) is 0 Å². The molecule has 140 valence electrons. The normalized spacial score (nSPS) is 22.0. The van der Waals surface area contributed by atoms with Crippen LogP contribution in [0.4, 0.5) is 0 Å². The molecule has 0 heterocycles.